The van der Waals surface area contributed by atoms with Crippen molar-refractivity contribution in [3.8, 4) is 0 Å². The number of hydrogen-bond donors (Lipinski definition) is 0. The number of hydrogen-bond acceptors (Lipinski definition) is 6. The lowest BCUT2D eigenvalue weighted by molar-refractivity contribution is -0.161. The number of fused-ring (bicyclic) bond motifs is 5. The fourth-order valence-corrected chi connectivity index (χ4v) is 8.72. The molecule has 0 spiro atoms. The second-order valence-electron chi connectivity index (χ2n) is 12.3. The van der Waals surface area contributed by atoms with Crippen molar-refractivity contribution in [2.24, 2.45) is 28.6 Å². The van der Waals surface area contributed by atoms with Crippen molar-refractivity contribution in [3.63, 3.8) is 0 Å². The molecule has 4 aliphatic carbocycles. The summed E-state index contributed by atoms with van der Waals surface area (Å²) < 4.78 is 10.9. The Balaban J connectivity index is 1.19. The number of esters is 2. The lowest BCUT2D eigenvalue weighted by Crippen LogP contribution is -2.51. The monoisotopic (exact) mass is 499 g/mol. The van der Waals surface area contributed by atoms with Crippen LogP contribution in [0, 0.1) is 28.6 Å². The maximum absolute atomic E-state index is 12.8. The van der Waals surface area contributed by atoms with Crippen molar-refractivity contribution >= 4 is 23.6 Å². The van der Waals surface area contributed by atoms with Gasteiger partial charge in [-0.05, 0) is 87.0 Å². The van der Waals surface area contributed by atoms with Gasteiger partial charge in [-0.15, -0.1) is 0 Å². The quantitative estimate of drug-likeness (QED) is 0.522. The van der Waals surface area contributed by atoms with E-state index in [4.69, 9.17) is 9.47 Å². The van der Waals surface area contributed by atoms with Crippen LogP contribution in [0.1, 0.15) is 90.9 Å². The van der Waals surface area contributed by atoms with E-state index in [9.17, 15) is 19.2 Å². The zero-order valence-corrected chi connectivity index (χ0v) is 22.1. The topological polar surface area (TPSA) is 90.0 Å². The Bertz CT molecular complexity index is 973. The standard InChI is InChI=1S/C29H41NO6/c1-28-14-12-19(31)17-18(28)6-7-20-21-8-9-24(29(21,2)15-13-22(20)28)36-26(33)11-10-25(32)30-16-4-5-23(30)27(34)35-3/h17,20-24H,4-16H2,1-3H3. The Labute approximate surface area is 214 Å². The van der Waals surface area contributed by atoms with E-state index >= 15 is 0 Å². The first-order valence-electron chi connectivity index (χ1n) is 14.0. The molecular weight excluding hydrogens is 458 g/mol. The molecule has 0 radical (unpaired) electrons. The smallest absolute Gasteiger partial charge is 0.328 e. The zero-order valence-electron chi connectivity index (χ0n) is 22.1. The van der Waals surface area contributed by atoms with Gasteiger partial charge in [0.25, 0.3) is 0 Å². The molecule has 5 rings (SSSR count). The van der Waals surface area contributed by atoms with Gasteiger partial charge in [-0.25, -0.2) is 4.79 Å². The van der Waals surface area contributed by atoms with Crippen LogP contribution in [0.2, 0.25) is 0 Å². The Morgan fingerprint density at radius 3 is 2.58 bits per heavy atom. The summed E-state index contributed by atoms with van der Waals surface area (Å²) in [6.45, 7) is 5.23. The van der Waals surface area contributed by atoms with Gasteiger partial charge < -0.3 is 14.4 Å². The Hall–Kier alpha value is -2.18. The third-order valence-corrected chi connectivity index (χ3v) is 10.7. The maximum atomic E-state index is 12.8. The van der Waals surface area contributed by atoms with E-state index in [1.807, 2.05) is 6.08 Å². The molecule has 1 amide bonds. The van der Waals surface area contributed by atoms with Crippen molar-refractivity contribution in [1.29, 1.82) is 0 Å². The molecular formula is C29H41NO6. The summed E-state index contributed by atoms with van der Waals surface area (Å²) in [4.78, 5) is 51.1. The van der Waals surface area contributed by atoms with Crippen LogP contribution in [-0.2, 0) is 28.7 Å². The molecule has 0 bridgehead atoms. The van der Waals surface area contributed by atoms with Gasteiger partial charge in [-0.3, -0.25) is 14.4 Å². The number of methoxy groups -OCH3 is 1. The molecule has 0 N–H and O–H groups in total. The first kappa shape index (κ1) is 25.5. The van der Waals surface area contributed by atoms with E-state index in [0.717, 1.165) is 51.4 Å². The van der Waals surface area contributed by atoms with Crippen LogP contribution >= 0.6 is 0 Å². The average molecular weight is 500 g/mol. The first-order chi connectivity index (χ1) is 17.2. The third kappa shape index (κ3) is 4.20. The Morgan fingerprint density at radius 2 is 1.81 bits per heavy atom. The van der Waals surface area contributed by atoms with Crippen LogP contribution in [-0.4, -0.2) is 54.3 Å². The minimum Gasteiger partial charge on any atom is -0.467 e. The van der Waals surface area contributed by atoms with E-state index in [-0.39, 0.29) is 47.6 Å². The molecule has 0 aromatic heterocycles. The average Bonchev–Trinajstić information content (AvgIpc) is 3.47. The number of nitrogens with zero attached hydrogens (tertiary/aromatic N) is 1. The van der Waals surface area contributed by atoms with E-state index in [2.05, 4.69) is 13.8 Å². The highest BCUT2D eigenvalue weighted by molar-refractivity contribution is 5.91. The zero-order chi connectivity index (χ0) is 25.7. The number of ether oxygens (including phenoxy) is 2. The number of ketones is 1. The number of rotatable bonds is 5. The summed E-state index contributed by atoms with van der Waals surface area (Å²) in [7, 11) is 1.34. The van der Waals surface area contributed by atoms with Crippen molar-refractivity contribution in [1.82, 2.24) is 4.90 Å². The van der Waals surface area contributed by atoms with Crippen LogP contribution in [0.15, 0.2) is 11.6 Å². The molecule has 0 aromatic rings. The van der Waals surface area contributed by atoms with Gasteiger partial charge in [-0.1, -0.05) is 19.4 Å². The van der Waals surface area contributed by atoms with Crippen LogP contribution in [0.4, 0.5) is 0 Å². The van der Waals surface area contributed by atoms with Crippen LogP contribution in [0.25, 0.3) is 0 Å². The van der Waals surface area contributed by atoms with Crippen LogP contribution in [0.5, 0.6) is 0 Å². The van der Waals surface area contributed by atoms with Gasteiger partial charge in [0.1, 0.15) is 12.1 Å². The minimum absolute atomic E-state index is 0.0200. The summed E-state index contributed by atoms with van der Waals surface area (Å²) in [5.74, 6) is 1.19. The normalized spacial score (nSPS) is 39.5. The fraction of sp³-hybridized carbons (Fsp3) is 0.793. The van der Waals surface area contributed by atoms with Crippen molar-refractivity contribution in [2.45, 2.75) is 103 Å². The highest BCUT2D eigenvalue weighted by Gasteiger charge is 2.60. The van der Waals surface area contributed by atoms with Crippen LogP contribution in [0.3, 0.4) is 0 Å². The lowest BCUT2D eigenvalue weighted by atomic mass is 9.47. The third-order valence-electron chi connectivity index (χ3n) is 10.7. The number of carbonyl (C=O) groups is 4. The predicted molar refractivity (Wildman–Crippen MR) is 133 cm³/mol. The molecule has 7 unspecified atom stereocenters. The van der Waals surface area contributed by atoms with Crippen molar-refractivity contribution in [2.75, 3.05) is 13.7 Å². The van der Waals surface area contributed by atoms with Gasteiger partial charge in [0.15, 0.2) is 5.78 Å². The summed E-state index contributed by atoms with van der Waals surface area (Å²) in [6, 6.07) is -0.529. The second kappa shape index (κ2) is 9.60. The van der Waals surface area contributed by atoms with Gasteiger partial charge >= 0.3 is 11.9 Å². The van der Waals surface area contributed by atoms with Gasteiger partial charge in [0.05, 0.1) is 13.5 Å². The highest BCUT2D eigenvalue weighted by atomic mass is 16.5. The lowest BCUT2D eigenvalue weighted by Gasteiger charge is -2.57. The second-order valence-corrected chi connectivity index (χ2v) is 12.3. The molecule has 5 aliphatic rings. The number of likely N-dealkylation sites (tertiary alicyclic amines) is 1. The maximum Gasteiger partial charge on any atom is 0.328 e. The SMILES string of the molecule is COC(=O)C1CCCN1C(=O)CCC(=O)OC1CCC2C3CCC4=CC(=O)CCC4(C)C3CCC12C. The summed E-state index contributed by atoms with van der Waals surface area (Å²) in [5, 5.41) is 0. The van der Waals surface area contributed by atoms with E-state index in [1.165, 1.54) is 12.7 Å². The molecule has 7 heteroatoms. The van der Waals surface area contributed by atoms with E-state index < -0.39 is 6.04 Å². The molecule has 1 saturated heterocycles. The molecule has 1 heterocycles. The molecule has 36 heavy (non-hydrogen) atoms. The molecule has 3 saturated carbocycles. The molecule has 198 valence electrons. The van der Waals surface area contributed by atoms with E-state index in [0.29, 0.717) is 42.9 Å². The molecule has 4 fully saturated rings. The fourth-order valence-electron chi connectivity index (χ4n) is 8.72. The largest absolute Gasteiger partial charge is 0.467 e. The Kier molecular flexibility index (Phi) is 6.80. The number of carbonyl (C=O) groups excluding carboxylic acids is 4. The molecule has 7 atom stereocenters. The molecule has 7 nitrogen and oxygen atoms in total. The van der Waals surface area contributed by atoms with Crippen LogP contribution < -0.4 is 0 Å². The number of allylic oxidation sites excluding steroid dienone is 1. The Morgan fingerprint density at radius 1 is 1.00 bits per heavy atom. The highest BCUT2D eigenvalue weighted by Crippen LogP contribution is 2.65. The van der Waals surface area contributed by atoms with Crippen molar-refractivity contribution < 1.29 is 28.7 Å². The molecule has 1 aliphatic heterocycles. The minimum atomic E-state index is -0.529. The summed E-state index contributed by atoms with van der Waals surface area (Å²) in [6.07, 6.45) is 11.3. The van der Waals surface area contributed by atoms with Gasteiger partial charge in [0.2, 0.25) is 5.91 Å². The predicted octanol–water partition coefficient (Wildman–Crippen LogP) is 4.37. The molecule has 0 aromatic carbocycles. The summed E-state index contributed by atoms with van der Waals surface area (Å²) >= 11 is 0. The van der Waals surface area contributed by atoms with Crippen molar-refractivity contribution in [3.05, 3.63) is 11.6 Å². The van der Waals surface area contributed by atoms with E-state index in [1.54, 1.807) is 4.90 Å². The first-order valence-corrected chi connectivity index (χ1v) is 14.0. The number of amides is 1. The van der Waals surface area contributed by atoms with Gasteiger partial charge in [0, 0.05) is 24.8 Å². The van der Waals surface area contributed by atoms with Gasteiger partial charge in [-0.2, -0.15) is 0 Å². The summed E-state index contributed by atoms with van der Waals surface area (Å²) in [5.41, 5.74) is 1.50.